The molecule has 0 aromatic carbocycles. The second-order valence-corrected chi connectivity index (χ2v) is 12.2. The molecule has 0 saturated heterocycles. The van der Waals surface area contributed by atoms with Gasteiger partial charge in [-0.15, -0.1) is 0 Å². The van der Waals surface area contributed by atoms with E-state index in [2.05, 4.69) is 19.9 Å². The number of fused-ring (bicyclic) bond motifs is 5. The van der Waals surface area contributed by atoms with Crippen molar-refractivity contribution >= 4 is 0 Å². The van der Waals surface area contributed by atoms with Crippen LogP contribution in [0.25, 0.3) is 0 Å². The minimum absolute atomic E-state index is 0.448. The number of hydrogen-bond acceptors (Lipinski definition) is 2. The van der Waals surface area contributed by atoms with E-state index in [4.69, 9.17) is 4.74 Å². The largest absolute Gasteiger partial charge is 0.390 e. The highest BCUT2D eigenvalue weighted by molar-refractivity contribution is 5.25. The van der Waals surface area contributed by atoms with Crippen molar-refractivity contribution in [2.45, 2.75) is 116 Å². The Morgan fingerprint density at radius 1 is 1.07 bits per heavy atom. The molecule has 0 aromatic rings. The summed E-state index contributed by atoms with van der Waals surface area (Å²) in [5, 5.41) is 10.0. The van der Waals surface area contributed by atoms with Gasteiger partial charge in [-0.25, -0.2) is 0 Å². The SMILES string of the molecule is COC1CCC2(C)C(=CCC3C2CCC2(C)C(CCCCC(C)(C)O)CCC32)C1. The fraction of sp³-hybridized carbons (Fsp3) is 0.926. The Labute approximate surface area is 179 Å². The van der Waals surface area contributed by atoms with Crippen LogP contribution in [0.3, 0.4) is 0 Å². The van der Waals surface area contributed by atoms with Gasteiger partial charge < -0.3 is 9.84 Å². The Balaban J connectivity index is 1.43. The molecule has 4 aliphatic rings. The highest BCUT2D eigenvalue weighted by Gasteiger charge is 2.58. The zero-order chi connectivity index (χ0) is 20.9. The standard InChI is InChI=1S/C27H46O2/c1-25(2,28)15-7-6-8-19-10-12-23-22-11-9-20-18-21(29-5)13-16-27(20,4)24(22)14-17-26(19,23)3/h9,19,21-24,28H,6-8,10-18H2,1-5H3. The van der Waals surface area contributed by atoms with Crippen molar-refractivity contribution < 1.29 is 9.84 Å². The second kappa shape index (κ2) is 7.97. The lowest BCUT2D eigenvalue weighted by Gasteiger charge is -2.58. The molecule has 0 aliphatic heterocycles. The van der Waals surface area contributed by atoms with Gasteiger partial charge in [0.25, 0.3) is 0 Å². The Hall–Kier alpha value is -0.340. The summed E-state index contributed by atoms with van der Waals surface area (Å²) in [6, 6.07) is 0. The summed E-state index contributed by atoms with van der Waals surface area (Å²) in [4.78, 5) is 0. The Kier molecular flexibility index (Phi) is 6.01. The molecule has 4 aliphatic carbocycles. The number of unbranched alkanes of at least 4 members (excludes halogenated alkanes) is 1. The van der Waals surface area contributed by atoms with Crippen molar-refractivity contribution in [1.29, 1.82) is 0 Å². The summed E-state index contributed by atoms with van der Waals surface area (Å²) in [5.41, 5.74) is 2.26. The van der Waals surface area contributed by atoms with Gasteiger partial charge in [0.1, 0.15) is 0 Å². The van der Waals surface area contributed by atoms with Gasteiger partial charge in [-0.05, 0) is 113 Å². The smallest absolute Gasteiger partial charge is 0.0608 e. The number of hydrogen-bond donors (Lipinski definition) is 1. The Morgan fingerprint density at radius 3 is 2.59 bits per heavy atom. The predicted molar refractivity (Wildman–Crippen MR) is 121 cm³/mol. The van der Waals surface area contributed by atoms with Gasteiger partial charge in [0.15, 0.2) is 0 Å². The molecule has 29 heavy (non-hydrogen) atoms. The molecule has 0 heterocycles. The number of aliphatic hydroxyl groups is 1. The average molecular weight is 403 g/mol. The van der Waals surface area contributed by atoms with Gasteiger partial charge in [0, 0.05) is 7.11 Å². The summed E-state index contributed by atoms with van der Waals surface area (Å²) >= 11 is 0. The van der Waals surface area contributed by atoms with Crippen LogP contribution < -0.4 is 0 Å². The molecule has 3 saturated carbocycles. The monoisotopic (exact) mass is 402 g/mol. The van der Waals surface area contributed by atoms with E-state index in [0.717, 1.165) is 30.1 Å². The third kappa shape index (κ3) is 3.98. The van der Waals surface area contributed by atoms with Gasteiger partial charge in [-0.2, -0.15) is 0 Å². The van der Waals surface area contributed by atoms with Crippen LogP contribution in [-0.4, -0.2) is 23.9 Å². The molecule has 2 heteroatoms. The molecule has 7 atom stereocenters. The highest BCUT2D eigenvalue weighted by atomic mass is 16.5. The third-order valence-corrected chi connectivity index (χ3v) is 10.2. The van der Waals surface area contributed by atoms with Crippen molar-refractivity contribution in [2.24, 2.45) is 34.5 Å². The first-order valence-corrected chi connectivity index (χ1v) is 12.6. The summed E-state index contributed by atoms with van der Waals surface area (Å²) < 4.78 is 5.73. The van der Waals surface area contributed by atoms with Crippen molar-refractivity contribution in [3.63, 3.8) is 0 Å². The van der Waals surface area contributed by atoms with E-state index in [9.17, 15) is 5.11 Å². The molecular weight excluding hydrogens is 356 g/mol. The first-order chi connectivity index (χ1) is 13.7. The number of rotatable bonds is 6. The normalized spacial score (nSPS) is 44.6. The zero-order valence-corrected chi connectivity index (χ0v) is 19.8. The van der Waals surface area contributed by atoms with E-state index in [0.29, 0.717) is 16.9 Å². The molecule has 4 rings (SSSR count). The molecule has 7 unspecified atom stereocenters. The van der Waals surface area contributed by atoms with E-state index < -0.39 is 5.60 Å². The van der Waals surface area contributed by atoms with E-state index in [1.165, 1.54) is 70.6 Å². The lowest BCUT2D eigenvalue weighted by molar-refractivity contribution is -0.0543. The molecule has 1 N–H and O–H groups in total. The molecule has 3 fully saturated rings. The Bertz CT molecular complexity index is 617. The maximum Gasteiger partial charge on any atom is 0.0608 e. The topological polar surface area (TPSA) is 29.5 Å². The molecule has 0 radical (unpaired) electrons. The number of ether oxygens (including phenoxy) is 1. The molecule has 0 aromatic heterocycles. The summed E-state index contributed by atoms with van der Waals surface area (Å²) in [7, 11) is 1.89. The highest BCUT2D eigenvalue weighted by Crippen LogP contribution is 2.66. The first-order valence-electron chi connectivity index (χ1n) is 12.6. The molecule has 166 valence electrons. The van der Waals surface area contributed by atoms with Gasteiger partial charge in [0.2, 0.25) is 0 Å². The van der Waals surface area contributed by atoms with E-state index in [1.807, 2.05) is 21.0 Å². The van der Waals surface area contributed by atoms with E-state index >= 15 is 0 Å². The van der Waals surface area contributed by atoms with Crippen molar-refractivity contribution in [2.75, 3.05) is 7.11 Å². The zero-order valence-electron chi connectivity index (χ0n) is 19.8. The fourth-order valence-corrected chi connectivity index (χ4v) is 8.36. The quantitative estimate of drug-likeness (QED) is 0.386. The van der Waals surface area contributed by atoms with Crippen LogP contribution in [0, 0.1) is 34.5 Å². The van der Waals surface area contributed by atoms with Crippen LogP contribution in [0.4, 0.5) is 0 Å². The molecule has 2 nitrogen and oxygen atoms in total. The van der Waals surface area contributed by atoms with E-state index in [1.54, 1.807) is 5.57 Å². The number of methoxy groups -OCH3 is 1. The maximum absolute atomic E-state index is 10.0. The maximum atomic E-state index is 10.0. The first kappa shape index (κ1) is 21.9. The van der Waals surface area contributed by atoms with Crippen molar-refractivity contribution in [3.8, 4) is 0 Å². The van der Waals surface area contributed by atoms with Crippen LogP contribution >= 0.6 is 0 Å². The summed E-state index contributed by atoms with van der Waals surface area (Å²) in [5.74, 6) is 3.68. The van der Waals surface area contributed by atoms with Crippen molar-refractivity contribution in [1.82, 2.24) is 0 Å². The minimum atomic E-state index is -0.496. The lowest BCUT2D eigenvalue weighted by Crippen LogP contribution is -2.50. The number of allylic oxidation sites excluding steroid dienone is 1. The molecule has 0 amide bonds. The van der Waals surface area contributed by atoms with Gasteiger partial charge in [-0.3, -0.25) is 0 Å². The molecule has 0 spiro atoms. The summed E-state index contributed by atoms with van der Waals surface area (Å²) in [6.45, 7) is 9.16. The van der Waals surface area contributed by atoms with Crippen LogP contribution in [-0.2, 0) is 4.74 Å². The fourth-order valence-electron chi connectivity index (χ4n) is 8.36. The van der Waals surface area contributed by atoms with Crippen molar-refractivity contribution in [3.05, 3.63) is 11.6 Å². The van der Waals surface area contributed by atoms with E-state index in [-0.39, 0.29) is 0 Å². The van der Waals surface area contributed by atoms with Crippen LogP contribution in [0.2, 0.25) is 0 Å². The van der Waals surface area contributed by atoms with Crippen LogP contribution in [0.15, 0.2) is 11.6 Å². The Morgan fingerprint density at radius 2 is 1.86 bits per heavy atom. The lowest BCUT2D eigenvalue weighted by atomic mass is 9.47. The second-order valence-electron chi connectivity index (χ2n) is 12.2. The predicted octanol–water partition coefficient (Wildman–Crippen LogP) is 6.91. The minimum Gasteiger partial charge on any atom is -0.390 e. The molecular formula is C27H46O2. The van der Waals surface area contributed by atoms with Gasteiger partial charge >= 0.3 is 0 Å². The average Bonchev–Trinajstić information content (AvgIpc) is 3.00. The van der Waals surface area contributed by atoms with Crippen LogP contribution in [0.1, 0.15) is 105 Å². The summed E-state index contributed by atoms with van der Waals surface area (Å²) in [6.07, 6.45) is 18.8. The third-order valence-electron chi connectivity index (χ3n) is 10.2. The molecule has 0 bridgehead atoms. The van der Waals surface area contributed by atoms with Gasteiger partial charge in [0.05, 0.1) is 11.7 Å². The van der Waals surface area contributed by atoms with Crippen LogP contribution in [0.5, 0.6) is 0 Å². The van der Waals surface area contributed by atoms with Gasteiger partial charge in [-0.1, -0.05) is 38.3 Å².